The summed E-state index contributed by atoms with van der Waals surface area (Å²) in [6.07, 6.45) is 0. The van der Waals surface area contributed by atoms with E-state index in [4.69, 9.17) is 5.73 Å². The number of ether oxygens (including phenoxy) is 1. The van der Waals surface area contributed by atoms with Crippen LogP contribution in [-0.2, 0) is 19.6 Å². The molecule has 120 valence electrons. The van der Waals surface area contributed by atoms with Gasteiger partial charge < -0.3 is 10.5 Å². The Labute approximate surface area is 135 Å². The molecule has 2 aromatic rings. The number of hydrogen-bond acceptors (Lipinski definition) is 5. The molecule has 0 aliphatic carbocycles. The van der Waals surface area contributed by atoms with E-state index in [1.807, 2.05) is 18.2 Å². The summed E-state index contributed by atoms with van der Waals surface area (Å²) in [5.74, 6) is -0.721. The summed E-state index contributed by atoms with van der Waals surface area (Å²) in [4.78, 5) is 11.6. The Morgan fingerprint density at radius 2 is 1.86 bits per heavy atom. The van der Waals surface area contributed by atoms with Crippen molar-refractivity contribution in [2.24, 2.45) is 5.73 Å². The Bertz CT molecular complexity index is 759. The molecule has 0 amide bonds. The van der Waals surface area contributed by atoms with Crippen LogP contribution in [0.2, 0.25) is 0 Å². The Hall–Kier alpha value is -1.67. The van der Waals surface area contributed by atoms with Crippen molar-refractivity contribution in [2.45, 2.75) is 10.9 Å². The Morgan fingerprint density at radius 1 is 1.23 bits per heavy atom. The van der Waals surface area contributed by atoms with Crippen molar-refractivity contribution in [1.82, 2.24) is 4.72 Å². The highest BCUT2D eigenvalue weighted by atomic mass is 35.5. The molecule has 0 aliphatic rings. The van der Waals surface area contributed by atoms with Gasteiger partial charge in [-0.2, -0.15) is 4.72 Å². The second-order valence-corrected chi connectivity index (χ2v) is 6.09. The number of nitrogens with one attached hydrogen (secondary N) is 1. The number of nitrogens with two attached hydrogens (primary N) is 1. The van der Waals surface area contributed by atoms with E-state index in [1.54, 1.807) is 18.2 Å². The van der Waals surface area contributed by atoms with Gasteiger partial charge in [-0.25, -0.2) is 8.42 Å². The van der Waals surface area contributed by atoms with E-state index in [-0.39, 0.29) is 23.8 Å². The number of halogens is 1. The molecule has 2 rings (SSSR count). The monoisotopic (exact) mass is 344 g/mol. The Balaban J connectivity index is 0.00000242. The number of carbonyl (C=O) groups is 1. The third-order valence-electron chi connectivity index (χ3n) is 3.06. The van der Waals surface area contributed by atoms with Crippen LogP contribution in [0.5, 0.6) is 0 Å². The lowest BCUT2D eigenvalue weighted by atomic mass is 10.1. The summed E-state index contributed by atoms with van der Waals surface area (Å²) in [5, 5.41) is 1.37. The molecule has 0 radical (unpaired) electrons. The standard InChI is InChI=1S/C14H16N2O4S.ClH/c1-20-14(17)12(9-15)16-21(18,19)13-8-4-6-10-5-2-3-7-11(10)13;/h2-8,12,16H,9,15H2,1H3;1H. The molecule has 2 aromatic carbocycles. The maximum Gasteiger partial charge on any atom is 0.325 e. The minimum Gasteiger partial charge on any atom is -0.468 e. The van der Waals surface area contributed by atoms with Crippen molar-refractivity contribution in [3.63, 3.8) is 0 Å². The largest absolute Gasteiger partial charge is 0.468 e. The number of fused-ring (bicyclic) bond motifs is 1. The summed E-state index contributed by atoms with van der Waals surface area (Å²) in [6.45, 7) is -0.184. The van der Waals surface area contributed by atoms with Crippen LogP contribution in [0.25, 0.3) is 10.8 Å². The van der Waals surface area contributed by atoms with Gasteiger partial charge in [0.15, 0.2) is 0 Å². The maximum atomic E-state index is 12.5. The van der Waals surface area contributed by atoms with Crippen molar-refractivity contribution < 1.29 is 17.9 Å². The third-order valence-corrected chi connectivity index (χ3v) is 4.59. The number of benzene rings is 2. The zero-order valence-corrected chi connectivity index (χ0v) is 13.5. The Morgan fingerprint density at radius 3 is 2.50 bits per heavy atom. The molecule has 22 heavy (non-hydrogen) atoms. The number of hydrogen-bond donors (Lipinski definition) is 2. The predicted molar refractivity (Wildman–Crippen MR) is 86.4 cm³/mol. The number of sulfonamides is 1. The number of esters is 1. The molecule has 1 atom stereocenters. The van der Waals surface area contributed by atoms with Crippen LogP contribution < -0.4 is 10.5 Å². The molecule has 0 aliphatic heterocycles. The van der Waals surface area contributed by atoms with Gasteiger partial charge in [-0.05, 0) is 11.5 Å². The number of carbonyl (C=O) groups excluding carboxylic acids is 1. The molecule has 0 heterocycles. The third kappa shape index (κ3) is 3.75. The number of rotatable bonds is 5. The first-order chi connectivity index (χ1) is 9.99. The molecule has 3 N–H and O–H groups in total. The topological polar surface area (TPSA) is 98.5 Å². The van der Waals surface area contributed by atoms with Crippen molar-refractivity contribution in [1.29, 1.82) is 0 Å². The molecule has 0 aromatic heterocycles. The highest BCUT2D eigenvalue weighted by molar-refractivity contribution is 7.89. The fraction of sp³-hybridized carbons (Fsp3) is 0.214. The first kappa shape index (κ1) is 18.4. The van der Waals surface area contributed by atoms with Gasteiger partial charge >= 0.3 is 5.97 Å². The first-order valence-corrected chi connectivity index (χ1v) is 7.76. The summed E-state index contributed by atoms with van der Waals surface area (Å²) >= 11 is 0. The average Bonchev–Trinajstić information content (AvgIpc) is 2.51. The fourth-order valence-electron chi connectivity index (χ4n) is 2.02. The van der Waals surface area contributed by atoms with Gasteiger partial charge in [-0.3, -0.25) is 4.79 Å². The maximum absolute atomic E-state index is 12.5. The summed E-state index contributed by atoms with van der Waals surface area (Å²) in [5.41, 5.74) is 5.42. The lowest BCUT2D eigenvalue weighted by Gasteiger charge is -2.15. The van der Waals surface area contributed by atoms with Crippen molar-refractivity contribution in [3.05, 3.63) is 42.5 Å². The number of methoxy groups -OCH3 is 1. The van der Waals surface area contributed by atoms with Gasteiger partial charge in [0.05, 0.1) is 12.0 Å². The lowest BCUT2D eigenvalue weighted by molar-refractivity contribution is -0.142. The van der Waals surface area contributed by atoms with Gasteiger partial charge in [0.1, 0.15) is 6.04 Å². The van der Waals surface area contributed by atoms with E-state index in [1.165, 1.54) is 13.2 Å². The van der Waals surface area contributed by atoms with Crippen LogP contribution >= 0.6 is 12.4 Å². The van der Waals surface area contributed by atoms with Gasteiger partial charge in [-0.15, -0.1) is 12.4 Å². The van der Waals surface area contributed by atoms with Crippen LogP contribution in [0.15, 0.2) is 47.4 Å². The predicted octanol–water partition coefficient (Wildman–Crippen LogP) is 1.04. The average molecular weight is 345 g/mol. The van der Waals surface area contributed by atoms with Crippen LogP contribution in [0.1, 0.15) is 0 Å². The summed E-state index contributed by atoms with van der Waals surface area (Å²) in [6, 6.07) is 10.9. The zero-order chi connectivity index (χ0) is 15.5. The fourth-order valence-corrected chi connectivity index (χ4v) is 3.44. The minimum atomic E-state index is -3.88. The van der Waals surface area contributed by atoms with E-state index < -0.39 is 22.0 Å². The van der Waals surface area contributed by atoms with Crippen LogP contribution in [0.3, 0.4) is 0 Å². The van der Waals surface area contributed by atoms with Crippen LogP contribution in [-0.4, -0.2) is 34.1 Å². The highest BCUT2D eigenvalue weighted by Crippen LogP contribution is 2.22. The van der Waals surface area contributed by atoms with Gasteiger partial charge in [0.25, 0.3) is 0 Å². The molecular weight excluding hydrogens is 328 g/mol. The van der Waals surface area contributed by atoms with E-state index in [2.05, 4.69) is 9.46 Å². The molecule has 0 bridgehead atoms. The molecule has 0 spiro atoms. The van der Waals surface area contributed by atoms with E-state index in [0.29, 0.717) is 5.39 Å². The van der Waals surface area contributed by atoms with E-state index >= 15 is 0 Å². The Kier molecular flexibility index (Phi) is 6.31. The minimum absolute atomic E-state index is 0. The molecule has 0 saturated carbocycles. The quantitative estimate of drug-likeness (QED) is 0.790. The van der Waals surface area contributed by atoms with Crippen LogP contribution in [0, 0.1) is 0 Å². The molecule has 0 fully saturated rings. The lowest BCUT2D eigenvalue weighted by Crippen LogP contribution is -2.46. The molecule has 1 unspecified atom stereocenters. The molecule has 0 saturated heterocycles. The van der Waals surface area contributed by atoms with Gasteiger partial charge in [0.2, 0.25) is 10.0 Å². The highest BCUT2D eigenvalue weighted by Gasteiger charge is 2.26. The van der Waals surface area contributed by atoms with Crippen molar-refractivity contribution in [2.75, 3.05) is 13.7 Å². The molecule has 8 heteroatoms. The zero-order valence-electron chi connectivity index (χ0n) is 11.9. The van der Waals surface area contributed by atoms with Crippen LogP contribution in [0.4, 0.5) is 0 Å². The molecular formula is C14H17ClN2O4S. The van der Waals surface area contributed by atoms with Gasteiger partial charge in [0, 0.05) is 11.9 Å². The second-order valence-electron chi connectivity index (χ2n) is 4.41. The van der Waals surface area contributed by atoms with Crippen molar-refractivity contribution in [3.8, 4) is 0 Å². The smallest absolute Gasteiger partial charge is 0.325 e. The second kappa shape index (κ2) is 7.55. The van der Waals surface area contributed by atoms with E-state index in [0.717, 1.165) is 5.39 Å². The van der Waals surface area contributed by atoms with E-state index in [9.17, 15) is 13.2 Å². The molecule has 6 nitrogen and oxygen atoms in total. The normalized spacial score (nSPS) is 12.5. The summed E-state index contributed by atoms with van der Waals surface area (Å²) in [7, 11) is -2.71. The summed E-state index contributed by atoms with van der Waals surface area (Å²) < 4.78 is 31.7. The van der Waals surface area contributed by atoms with Crippen molar-refractivity contribution >= 4 is 39.2 Å². The van der Waals surface area contributed by atoms with Gasteiger partial charge in [-0.1, -0.05) is 36.4 Å². The first-order valence-electron chi connectivity index (χ1n) is 6.27. The SMILES string of the molecule is COC(=O)C(CN)NS(=O)(=O)c1cccc2ccccc12.Cl.